The SMILES string of the molecule is O=C(c1cccs1)N(Cc1ccc(F)cc1)C[C@@H]1CC(c2cccnc2)=NO1. The number of carbonyl (C=O) groups is 1. The number of hydrogen-bond acceptors (Lipinski definition) is 5. The zero-order chi connectivity index (χ0) is 19.3. The number of amides is 1. The second kappa shape index (κ2) is 8.31. The topological polar surface area (TPSA) is 54.8 Å². The van der Waals surface area contributed by atoms with E-state index < -0.39 is 0 Å². The predicted octanol–water partition coefficient (Wildman–Crippen LogP) is 4.12. The molecular weight excluding hydrogens is 377 g/mol. The highest BCUT2D eigenvalue weighted by Gasteiger charge is 2.27. The molecule has 0 unspecified atom stereocenters. The van der Waals surface area contributed by atoms with E-state index in [9.17, 15) is 9.18 Å². The lowest BCUT2D eigenvalue weighted by Crippen LogP contribution is -2.37. The molecular formula is C21H18FN3O2S. The number of oxime groups is 1. The number of rotatable bonds is 6. The van der Waals surface area contributed by atoms with Gasteiger partial charge in [-0.15, -0.1) is 11.3 Å². The normalized spacial score (nSPS) is 15.8. The summed E-state index contributed by atoms with van der Waals surface area (Å²) < 4.78 is 13.2. The Morgan fingerprint density at radius 1 is 1.21 bits per heavy atom. The molecule has 3 heterocycles. The van der Waals surface area contributed by atoms with E-state index in [-0.39, 0.29) is 17.8 Å². The van der Waals surface area contributed by atoms with Gasteiger partial charge in [0.1, 0.15) is 5.82 Å². The summed E-state index contributed by atoms with van der Waals surface area (Å²) in [5, 5.41) is 6.05. The molecule has 4 rings (SSSR count). The van der Waals surface area contributed by atoms with E-state index in [1.165, 1.54) is 23.5 Å². The fourth-order valence-electron chi connectivity index (χ4n) is 3.06. The lowest BCUT2D eigenvalue weighted by molar-refractivity contribution is 0.0408. The van der Waals surface area contributed by atoms with Crippen LogP contribution in [0.5, 0.6) is 0 Å². The van der Waals surface area contributed by atoms with Gasteiger partial charge in [0, 0.05) is 30.9 Å². The summed E-state index contributed by atoms with van der Waals surface area (Å²) >= 11 is 1.40. The summed E-state index contributed by atoms with van der Waals surface area (Å²) in [6, 6.07) is 13.6. The number of halogens is 1. The van der Waals surface area contributed by atoms with Crippen molar-refractivity contribution in [3.8, 4) is 0 Å². The van der Waals surface area contributed by atoms with Gasteiger partial charge in [0.25, 0.3) is 5.91 Å². The molecule has 1 aromatic carbocycles. The first-order valence-electron chi connectivity index (χ1n) is 8.89. The molecule has 5 nitrogen and oxygen atoms in total. The number of pyridine rings is 1. The summed E-state index contributed by atoms with van der Waals surface area (Å²) in [7, 11) is 0. The van der Waals surface area contributed by atoms with E-state index in [0.29, 0.717) is 24.4 Å². The number of thiophene rings is 1. The van der Waals surface area contributed by atoms with Crippen molar-refractivity contribution in [2.24, 2.45) is 5.16 Å². The molecule has 28 heavy (non-hydrogen) atoms. The second-order valence-corrected chi connectivity index (χ2v) is 7.45. The van der Waals surface area contributed by atoms with E-state index in [1.807, 2.05) is 23.6 Å². The molecule has 0 radical (unpaired) electrons. The minimum absolute atomic E-state index is 0.0715. The van der Waals surface area contributed by atoms with Gasteiger partial charge in [0.15, 0.2) is 6.10 Å². The van der Waals surface area contributed by atoms with E-state index in [4.69, 9.17) is 4.84 Å². The van der Waals surface area contributed by atoms with Gasteiger partial charge in [-0.2, -0.15) is 0 Å². The van der Waals surface area contributed by atoms with Gasteiger partial charge in [0.05, 0.1) is 17.1 Å². The van der Waals surface area contributed by atoms with Crippen LogP contribution in [0, 0.1) is 5.82 Å². The third kappa shape index (κ3) is 4.26. The minimum atomic E-state index is -0.298. The molecule has 142 valence electrons. The summed E-state index contributed by atoms with van der Waals surface area (Å²) in [5.74, 6) is -0.369. The molecule has 1 atom stereocenters. The molecule has 0 aliphatic carbocycles. The van der Waals surface area contributed by atoms with E-state index >= 15 is 0 Å². The molecule has 0 fully saturated rings. The van der Waals surface area contributed by atoms with Crippen molar-refractivity contribution >= 4 is 23.0 Å². The summed E-state index contributed by atoms with van der Waals surface area (Å²) in [5.41, 5.74) is 2.60. The van der Waals surface area contributed by atoms with Crippen LogP contribution in [0.4, 0.5) is 4.39 Å². The van der Waals surface area contributed by atoms with Gasteiger partial charge < -0.3 is 9.74 Å². The second-order valence-electron chi connectivity index (χ2n) is 6.50. The summed E-state index contributed by atoms with van der Waals surface area (Å²) in [6.07, 6.45) is 3.82. The van der Waals surface area contributed by atoms with Gasteiger partial charge in [0.2, 0.25) is 0 Å². The lowest BCUT2D eigenvalue weighted by Gasteiger charge is -2.24. The first-order chi connectivity index (χ1) is 13.7. The van der Waals surface area contributed by atoms with Crippen LogP contribution in [-0.4, -0.2) is 34.2 Å². The molecule has 0 saturated heterocycles. The van der Waals surface area contributed by atoms with Crippen molar-refractivity contribution in [3.05, 3.63) is 88.1 Å². The number of nitrogens with zero attached hydrogens (tertiary/aromatic N) is 3. The molecule has 0 bridgehead atoms. The quantitative estimate of drug-likeness (QED) is 0.631. The Kier molecular flexibility index (Phi) is 5.43. The van der Waals surface area contributed by atoms with Crippen LogP contribution in [0.3, 0.4) is 0 Å². The van der Waals surface area contributed by atoms with E-state index in [2.05, 4.69) is 10.1 Å². The number of carbonyl (C=O) groups excluding carboxylic acids is 1. The molecule has 1 aliphatic heterocycles. The van der Waals surface area contributed by atoms with Crippen LogP contribution >= 0.6 is 11.3 Å². The maximum atomic E-state index is 13.2. The van der Waals surface area contributed by atoms with Crippen LogP contribution in [0.25, 0.3) is 0 Å². The molecule has 3 aromatic rings. The fraction of sp³-hybridized carbons (Fsp3) is 0.190. The monoisotopic (exact) mass is 395 g/mol. The predicted molar refractivity (Wildman–Crippen MR) is 106 cm³/mol. The van der Waals surface area contributed by atoms with Gasteiger partial charge in [-0.1, -0.05) is 23.4 Å². The standard InChI is InChI=1S/C21H18FN3O2S/c22-17-7-5-15(6-8-17)13-25(21(26)20-4-2-10-28-20)14-18-11-19(24-27-18)16-3-1-9-23-12-16/h1-10,12,18H,11,13-14H2/t18-/m0/s1. The van der Waals surface area contributed by atoms with Crippen molar-refractivity contribution in [2.45, 2.75) is 19.1 Å². The molecule has 0 spiro atoms. The highest BCUT2D eigenvalue weighted by molar-refractivity contribution is 7.12. The third-order valence-corrected chi connectivity index (χ3v) is 5.32. The molecule has 7 heteroatoms. The first-order valence-corrected chi connectivity index (χ1v) is 9.77. The van der Waals surface area contributed by atoms with Crippen LogP contribution in [-0.2, 0) is 11.4 Å². The fourth-order valence-corrected chi connectivity index (χ4v) is 3.75. The number of aromatic nitrogens is 1. The van der Waals surface area contributed by atoms with Gasteiger partial charge in [-0.05, 0) is 41.3 Å². The summed E-state index contributed by atoms with van der Waals surface area (Å²) in [6.45, 7) is 0.764. The molecule has 0 saturated carbocycles. The molecule has 0 N–H and O–H groups in total. The van der Waals surface area contributed by atoms with Gasteiger partial charge >= 0.3 is 0 Å². The maximum absolute atomic E-state index is 13.2. The Morgan fingerprint density at radius 2 is 2.07 bits per heavy atom. The minimum Gasteiger partial charge on any atom is -0.390 e. The Bertz CT molecular complexity index is 959. The van der Waals surface area contributed by atoms with Crippen molar-refractivity contribution in [3.63, 3.8) is 0 Å². The van der Waals surface area contributed by atoms with Crippen molar-refractivity contribution in [2.75, 3.05) is 6.54 Å². The third-order valence-electron chi connectivity index (χ3n) is 4.46. The molecule has 1 aliphatic rings. The maximum Gasteiger partial charge on any atom is 0.264 e. The first kappa shape index (κ1) is 18.3. The Hall–Kier alpha value is -3.06. The van der Waals surface area contributed by atoms with E-state index in [1.54, 1.807) is 35.5 Å². The Labute approximate surface area is 166 Å². The Balaban J connectivity index is 1.48. The van der Waals surface area contributed by atoms with Crippen molar-refractivity contribution in [1.29, 1.82) is 0 Å². The number of benzene rings is 1. The smallest absolute Gasteiger partial charge is 0.264 e. The van der Waals surface area contributed by atoms with Crippen molar-refractivity contribution < 1.29 is 14.0 Å². The largest absolute Gasteiger partial charge is 0.390 e. The zero-order valence-corrected chi connectivity index (χ0v) is 15.8. The van der Waals surface area contributed by atoms with Crippen LogP contribution in [0.1, 0.15) is 27.2 Å². The van der Waals surface area contributed by atoms with Crippen molar-refractivity contribution in [1.82, 2.24) is 9.88 Å². The van der Waals surface area contributed by atoms with Crippen LogP contribution in [0.2, 0.25) is 0 Å². The number of hydrogen-bond donors (Lipinski definition) is 0. The zero-order valence-electron chi connectivity index (χ0n) is 15.0. The molecule has 2 aromatic heterocycles. The lowest BCUT2D eigenvalue weighted by atomic mass is 10.1. The average molecular weight is 395 g/mol. The summed E-state index contributed by atoms with van der Waals surface area (Å²) in [4.78, 5) is 25.1. The highest BCUT2D eigenvalue weighted by atomic mass is 32.1. The van der Waals surface area contributed by atoms with Gasteiger partial charge in [-0.25, -0.2) is 4.39 Å². The molecule has 1 amide bonds. The highest BCUT2D eigenvalue weighted by Crippen LogP contribution is 2.21. The average Bonchev–Trinajstić information content (AvgIpc) is 3.42. The van der Waals surface area contributed by atoms with Crippen LogP contribution in [0.15, 0.2) is 71.5 Å². The van der Waals surface area contributed by atoms with Crippen LogP contribution < -0.4 is 0 Å². The Morgan fingerprint density at radius 3 is 2.79 bits per heavy atom. The van der Waals surface area contributed by atoms with E-state index in [0.717, 1.165) is 16.8 Å². The van der Waals surface area contributed by atoms with Gasteiger partial charge in [-0.3, -0.25) is 9.78 Å².